The number of carbonyl (C=O) groups excluding carboxylic acids is 1. The van der Waals surface area contributed by atoms with Crippen molar-refractivity contribution in [1.82, 2.24) is 9.21 Å². The summed E-state index contributed by atoms with van der Waals surface area (Å²) in [5.74, 6) is -0.273. The van der Waals surface area contributed by atoms with Gasteiger partial charge in [0.05, 0.1) is 12.5 Å². The first kappa shape index (κ1) is 23.9. The largest absolute Gasteiger partial charge is 0.383 e. The first-order valence-electron chi connectivity index (χ1n) is 10.8. The van der Waals surface area contributed by atoms with E-state index in [0.717, 1.165) is 24.1 Å². The van der Waals surface area contributed by atoms with Gasteiger partial charge in [0.2, 0.25) is 5.91 Å². The second-order valence-electron chi connectivity index (χ2n) is 7.97. The van der Waals surface area contributed by atoms with Gasteiger partial charge in [-0.25, -0.2) is 8.42 Å². The van der Waals surface area contributed by atoms with Gasteiger partial charge in [-0.2, -0.15) is 4.31 Å². The molecule has 31 heavy (non-hydrogen) atoms. The molecule has 0 aliphatic carbocycles. The van der Waals surface area contributed by atoms with E-state index in [1.165, 1.54) is 21.2 Å². The first-order valence-corrected chi connectivity index (χ1v) is 13.1. The van der Waals surface area contributed by atoms with Gasteiger partial charge >= 0.3 is 0 Å². The molecule has 0 saturated carbocycles. The van der Waals surface area contributed by atoms with Crippen molar-refractivity contribution in [2.45, 2.75) is 36.8 Å². The molecular weight excluding hydrogens is 432 g/mol. The number of benzene rings is 1. The molecule has 0 N–H and O–H groups in total. The standard InChI is InChI=1S/C23H32N2O4S2/c1-19-12-13-22(30-19)31(27,28)25-15-7-11-21(18-25)23(26)24(16-17-29-2)14-6-10-20-8-4-3-5-9-20/h3-5,8-9,12-13,21H,6-7,10-11,14-18H2,1-2H3. The van der Waals surface area contributed by atoms with E-state index >= 15 is 0 Å². The van der Waals surface area contributed by atoms with E-state index in [1.54, 1.807) is 13.2 Å². The van der Waals surface area contributed by atoms with E-state index in [2.05, 4.69) is 12.1 Å². The number of nitrogens with zero attached hydrogens (tertiary/aromatic N) is 2. The average molecular weight is 465 g/mol. The minimum absolute atomic E-state index is 0.0346. The summed E-state index contributed by atoms with van der Waals surface area (Å²) in [6.07, 6.45) is 3.18. The van der Waals surface area contributed by atoms with Crippen LogP contribution in [0.1, 0.15) is 29.7 Å². The van der Waals surface area contributed by atoms with Crippen LogP contribution in [0.3, 0.4) is 0 Å². The molecule has 1 atom stereocenters. The summed E-state index contributed by atoms with van der Waals surface area (Å²) in [5.41, 5.74) is 1.25. The zero-order valence-electron chi connectivity index (χ0n) is 18.3. The Morgan fingerprint density at radius 2 is 1.97 bits per heavy atom. The zero-order chi connectivity index (χ0) is 22.3. The number of piperidine rings is 1. The van der Waals surface area contributed by atoms with E-state index in [4.69, 9.17) is 4.74 Å². The van der Waals surface area contributed by atoms with Crippen LogP contribution < -0.4 is 0 Å². The summed E-state index contributed by atoms with van der Waals surface area (Å²) in [7, 11) is -1.92. The summed E-state index contributed by atoms with van der Waals surface area (Å²) in [5, 5.41) is 0. The first-order chi connectivity index (χ1) is 14.9. The quantitative estimate of drug-likeness (QED) is 0.539. The van der Waals surface area contributed by atoms with Crippen LogP contribution in [0.4, 0.5) is 0 Å². The van der Waals surface area contributed by atoms with Gasteiger partial charge in [-0.3, -0.25) is 4.79 Å². The summed E-state index contributed by atoms with van der Waals surface area (Å²) >= 11 is 1.28. The van der Waals surface area contributed by atoms with Gasteiger partial charge in [0.15, 0.2) is 0 Å². The van der Waals surface area contributed by atoms with Crippen molar-refractivity contribution in [2.24, 2.45) is 5.92 Å². The molecule has 170 valence electrons. The molecule has 1 aliphatic heterocycles. The summed E-state index contributed by atoms with van der Waals surface area (Å²) in [6, 6.07) is 13.7. The van der Waals surface area contributed by atoms with Gasteiger partial charge in [0.25, 0.3) is 10.0 Å². The second-order valence-corrected chi connectivity index (χ2v) is 11.4. The third-order valence-corrected chi connectivity index (χ3v) is 8.99. The highest BCUT2D eigenvalue weighted by molar-refractivity contribution is 7.91. The third-order valence-electron chi connectivity index (χ3n) is 5.66. The lowest BCUT2D eigenvalue weighted by Crippen LogP contribution is -2.47. The number of hydrogen-bond donors (Lipinski definition) is 0. The van der Waals surface area contributed by atoms with Crippen LogP contribution in [0.5, 0.6) is 0 Å². The van der Waals surface area contributed by atoms with Crippen LogP contribution in [0.2, 0.25) is 0 Å². The molecule has 8 heteroatoms. The maximum absolute atomic E-state index is 13.3. The van der Waals surface area contributed by atoms with Gasteiger partial charge in [0.1, 0.15) is 4.21 Å². The lowest BCUT2D eigenvalue weighted by atomic mass is 9.97. The Balaban J connectivity index is 1.64. The number of aryl methyl sites for hydroxylation is 2. The van der Waals surface area contributed by atoms with Gasteiger partial charge in [-0.05, 0) is 50.3 Å². The molecule has 0 spiro atoms. The molecule has 2 aromatic rings. The van der Waals surface area contributed by atoms with E-state index in [1.807, 2.05) is 36.1 Å². The Morgan fingerprint density at radius 3 is 2.65 bits per heavy atom. The highest BCUT2D eigenvalue weighted by Crippen LogP contribution is 2.29. The number of rotatable bonds is 10. The zero-order valence-corrected chi connectivity index (χ0v) is 20.0. The van der Waals surface area contributed by atoms with Gasteiger partial charge < -0.3 is 9.64 Å². The van der Waals surface area contributed by atoms with Crippen LogP contribution in [-0.4, -0.2) is 63.4 Å². The van der Waals surface area contributed by atoms with E-state index in [0.29, 0.717) is 36.9 Å². The Hall–Kier alpha value is -1.74. The number of methoxy groups -OCH3 is 1. The van der Waals surface area contributed by atoms with Crippen molar-refractivity contribution in [3.63, 3.8) is 0 Å². The topological polar surface area (TPSA) is 66.9 Å². The molecule has 1 amide bonds. The normalized spacial score (nSPS) is 17.5. The number of amides is 1. The van der Waals surface area contributed by atoms with Gasteiger partial charge in [-0.15, -0.1) is 11.3 Å². The average Bonchev–Trinajstić information content (AvgIpc) is 3.23. The Kier molecular flexibility index (Phi) is 8.66. The van der Waals surface area contributed by atoms with Crippen molar-refractivity contribution < 1.29 is 17.9 Å². The molecule has 0 radical (unpaired) electrons. The predicted molar refractivity (Wildman–Crippen MR) is 124 cm³/mol. The molecule has 1 aliphatic rings. The molecule has 6 nitrogen and oxygen atoms in total. The number of thiophene rings is 1. The number of carbonyl (C=O) groups is 1. The van der Waals surface area contributed by atoms with Crippen molar-refractivity contribution in [1.29, 1.82) is 0 Å². The monoisotopic (exact) mass is 464 g/mol. The molecule has 1 unspecified atom stereocenters. The lowest BCUT2D eigenvalue weighted by molar-refractivity contribution is -0.137. The molecule has 1 fully saturated rings. The molecule has 3 rings (SSSR count). The molecule has 1 aromatic heterocycles. The van der Waals surface area contributed by atoms with E-state index < -0.39 is 10.0 Å². The number of hydrogen-bond acceptors (Lipinski definition) is 5. The predicted octanol–water partition coefficient (Wildman–Crippen LogP) is 3.57. The van der Waals surface area contributed by atoms with Crippen molar-refractivity contribution in [2.75, 3.05) is 39.9 Å². The fourth-order valence-corrected chi connectivity index (χ4v) is 6.91. The number of sulfonamides is 1. The van der Waals surface area contributed by atoms with Crippen molar-refractivity contribution in [3.8, 4) is 0 Å². The fraction of sp³-hybridized carbons (Fsp3) is 0.522. The van der Waals surface area contributed by atoms with E-state index in [-0.39, 0.29) is 18.4 Å². The Morgan fingerprint density at radius 1 is 1.19 bits per heavy atom. The minimum Gasteiger partial charge on any atom is -0.383 e. The Bertz CT molecular complexity index is 943. The minimum atomic E-state index is -3.55. The van der Waals surface area contributed by atoms with Crippen LogP contribution in [0, 0.1) is 12.8 Å². The molecule has 1 aromatic carbocycles. The van der Waals surface area contributed by atoms with Crippen molar-refractivity contribution >= 4 is 27.3 Å². The molecule has 2 heterocycles. The summed E-state index contributed by atoms with van der Waals surface area (Å²) in [4.78, 5) is 16.1. The molecular formula is C23H32N2O4S2. The molecule has 1 saturated heterocycles. The number of ether oxygens (including phenoxy) is 1. The highest BCUT2D eigenvalue weighted by atomic mass is 32.2. The van der Waals surface area contributed by atoms with Crippen LogP contribution in [0.25, 0.3) is 0 Å². The third kappa shape index (κ3) is 6.38. The SMILES string of the molecule is COCCN(CCCc1ccccc1)C(=O)C1CCCN(S(=O)(=O)c2ccc(C)s2)C1. The van der Waals surface area contributed by atoms with Crippen LogP contribution >= 0.6 is 11.3 Å². The van der Waals surface area contributed by atoms with Crippen LogP contribution in [0.15, 0.2) is 46.7 Å². The summed E-state index contributed by atoms with van der Waals surface area (Å²) < 4.78 is 33.1. The van der Waals surface area contributed by atoms with Gasteiger partial charge in [-0.1, -0.05) is 30.3 Å². The summed E-state index contributed by atoms with van der Waals surface area (Å²) in [6.45, 7) is 4.26. The maximum atomic E-state index is 13.3. The van der Waals surface area contributed by atoms with Gasteiger partial charge in [0, 0.05) is 38.2 Å². The second kappa shape index (κ2) is 11.2. The Labute approximate surface area is 189 Å². The highest BCUT2D eigenvalue weighted by Gasteiger charge is 2.35. The maximum Gasteiger partial charge on any atom is 0.252 e. The van der Waals surface area contributed by atoms with E-state index in [9.17, 15) is 13.2 Å². The van der Waals surface area contributed by atoms with Crippen molar-refractivity contribution in [3.05, 3.63) is 52.9 Å². The van der Waals surface area contributed by atoms with Crippen LogP contribution in [-0.2, 0) is 26.0 Å². The lowest BCUT2D eigenvalue weighted by Gasteiger charge is -2.34. The fourth-order valence-electron chi connectivity index (χ4n) is 3.95. The molecule has 0 bridgehead atoms. The smallest absolute Gasteiger partial charge is 0.252 e.